The normalized spacial score (nSPS) is 12.2. The van der Waals surface area contributed by atoms with E-state index in [-0.39, 0.29) is 11.6 Å². The van der Waals surface area contributed by atoms with E-state index in [1.807, 2.05) is 13.2 Å². The molecule has 0 bridgehead atoms. The zero-order valence-corrected chi connectivity index (χ0v) is 10.2. The summed E-state index contributed by atoms with van der Waals surface area (Å²) in [5, 5.41) is 2.78. The summed E-state index contributed by atoms with van der Waals surface area (Å²) in [6, 6.07) is 3.05. The molecule has 1 atom stereocenters. The van der Waals surface area contributed by atoms with Crippen molar-refractivity contribution in [3.63, 3.8) is 0 Å². The second kappa shape index (κ2) is 6.48. The maximum Gasteiger partial charge on any atom is 0.256 e. The SMILES string of the molecule is CCC(CSC)NC(=O)c1cccnc1F. The fourth-order valence-electron chi connectivity index (χ4n) is 1.28. The van der Waals surface area contributed by atoms with Crippen LogP contribution in [-0.2, 0) is 0 Å². The molecule has 3 nitrogen and oxygen atoms in total. The van der Waals surface area contributed by atoms with Gasteiger partial charge in [-0.15, -0.1) is 0 Å². The Balaban J connectivity index is 2.68. The van der Waals surface area contributed by atoms with Crippen molar-refractivity contribution in [2.75, 3.05) is 12.0 Å². The van der Waals surface area contributed by atoms with Gasteiger partial charge in [0.2, 0.25) is 5.95 Å². The third-order valence-electron chi connectivity index (χ3n) is 2.20. The molecule has 1 amide bonds. The number of carbonyl (C=O) groups excluding carboxylic acids is 1. The van der Waals surface area contributed by atoms with Crippen molar-refractivity contribution < 1.29 is 9.18 Å². The zero-order valence-electron chi connectivity index (χ0n) is 9.37. The number of pyridine rings is 1. The van der Waals surface area contributed by atoms with E-state index in [0.29, 0.717) is 0 Å². The summed E-state index contributed by atoms with van der Waals surface area (Å²) in [4.78, 5) is 15.2. The molecule has 0 spiro atoms. The van der Waals surface area contributed by atoms with E-state index in [4.69, 9.17) is 0 Å². The molecule has 0 aromatic carbocycles. The quantitative estimate of drug-likeness (QED) is 0.804. The van der Waals surface area contributed by atoms with Gasteiger partial charge in [-0.25, -0.2) is 4.98 Å². The summed E-state index contributed by atoms with van der Waals surface area (Å²) in [5.74, 6) is -0.296. The van der Waals surface area contributed by atoms with Gasteiger partial charge in [-0.05, 0) is 24.8 Å². The average molecular weight is 242 g/mol. The van der Waals surface area contributed by atoms with Crippen LogP contribution >= 0.6 is 11.8 Å². The second-order valence-corrected chi connectivity index (χ2v) is 4.29. The van der Waals surface area contributed by atoms with Gasteiger partial charge < -0.3 is 5.32 Å². The zero-order chi connectivity index (χ0) is 12.0. The Morgan fingerprint density at radius 2 is 2.44 bits per heavy atom. The van der Waals surface area contributed by atoms with E-state index < -0.39 is 11.9 Å². The lowest BCUT2D eigenvalue weighted by atomic mass is 10.2. The first-order valence-corrected chi connectivity index (χ1v) is 6.48. The first kappa shape index (κ1) is 13.0. The van der Waals surface area contributed by atoms with Crippen LogP contribution in [0.1, 0.15) is 23.7 Å². The maximum atomic E-state index is 13.2. The Morgan fingerprint density at radius 3 is 3.00 bits per heavy atom. The number of amides is 1. The molecule has 0 saturated heterocycles. The number of hydrogen-bond donors (Lipinski definition) is 1. The van der Waals surface area contributed by atoms with Crippen LogP contribution in [0, 0.1) is 5.95 Å². The van der Waals surface area contributed by atoms with Crippen LogP contribution in [0.25, 0.3) is 0 Å². The van der Waals surface area contributed by atoms with E-state index >= 15 is 0 Å². The molecule has 0 fully saturated rings. The molecule has 0 radical (unpaired) electrons. The van der Waals surface area contributed by atoms with Crippen molar-refractivity contribution in [1.82, 2.24) is 10.3 Å². The highest BCUT2D eigenvalue weighted by Gasteiger charge is 2.15. The topological polar surface area (TPSA) is 42.0 Å². The van der Waals surface area contributed by atoms with Crippen molar-refractivity contribution in [2.24, 2.45) is 0 Å². The van der Waals surface area contributed by atoms with E-state index in [1.54, 1.807) is 17.8 Å². The van der Waals surface area contributed by atoms with Crippen molar-refractivity contribution in [3.8, 4) is 0 Å². The third-order valence-corrected chi connectivity index (χ3v) is 2.94. The van der Waals surface area contributed by atoms with E-state index in [9.17, 15) is 9.18 Å². The highest BCUT2D eigenvalue weighted by atomic mass is 32.2. The summed E-state index contributed by atoms with van der Waals surface area (Å²) in [6.45, 7) is 1.99. The summed E-state index contributed by atoms with van der Waals surface area (Å²) in [5.41, 5.74) is 0.00190. The van der Waals surface area contributed by atoms with Gasteiger partial charge in [0.25, 0.3) is 5.91 Å². The van der Waals surface area contributed by atoms with Gasteiger partial charge >= 0.3 is 0 Å². The minimum absolute atomic E-state index is 0.00190. The van der Waals surface area contributed by atoms with Crippen LogP contribution < -0.4 is 5.32 Å². The number of nitrogens with one attached hydrogen (secondary N) is 1. The first-order valence-electron chi connectivity index (χ1n) is 5.09. The van der Waals surface area contributed by atoms with Crippen LogP contribution in [0.5, 0.6) is 0 Å². The van der Waals surface area contributed by atoms with Gasteiger partial charge in [-0.2, -0.15) is 16.2 Å². The standard InChI is InChI=1S/C11H15FN2OS/c1-3-8(7-16-2)14-11(15)9-5-4-6-13-10(9)12/h4-6,8H,3,7H2,1-2H3,(H,14,15). The Bertz CT molecular complexity index is 360. The number of carbonyl (C=O) groups is 1. The number of halogens is 1. The second-order valence-electron chi connectivity index (χ2n) is 3.38. The molecule has 16 heavy (non-hydrogen) atoms. The number of rotatable bonds is 5. The molecule has 0 aliphatic heterocycles. The summed E-state index contributed by atoms with van der Waals surface area (Å²) < 4.78 is 13.2. The van der Waals surface area contributed by atoms with Crippen molar-refractivity contribution in [3.05, 3.63) is 29.8 Å². The minimum Gasteiger partial charge on any atom is -0.348 e. The van der Waals surface area contributed by atoms with Gasteiger partial charge in [0.1, 0.15) is 0 Å². The fraction of sp³-hybridized carbons (Fsp3) is 0.455. The lowest BCUT2D eigenvalue weighted by Crippen LogP contribution is -2.36. The Kier molecular flexibility index (Phi) is 5.25. The summed E-state index contributed by atoms with van der Waals surface area (Å²) in [6.07, 6.45) is 4.12. The van der Waals surface area contributed by atoms with E-state index in [0.717, 1.165) is 12.2 Å². The first-order chi connectivity index (χ1) is 7.69. The van der Waals surface area contributed by atoms with Gasteiger partial charge in [-0.3, -0.25) is 4.79 Å². The molecule has 1 aromatic heterocycles. The molecule has 1 heterocycles. The molecule has 0 aliphatic rings. The van der Waals surface area contributed by atoms with E-state index in [1.165, 1.54) is 12.3 Å². The fourth-order valence-corrected chi connectivity index (χ4v) is 2.00. The number of hydrogen-bond acceptors (Lipinski definition) is 3. The Morgan fingerprint density at radius 1 is 1.69 bits per heavy atom. The number of aromatic nitrogens is 1. The van der Waals surface area contributed by atoms with Gasteiger partial charge in [-0.1, -0.05) is 6.92 Å². The highest BCUT2D eigenvalue weighted by Crippen LogP contribution is 2.06. The van der Waals surface area contributed by atoms with Crippen LogP contribution in [0.3, 0.4) is 0 Å². The van der Waals surface area contributed by atoms with Crippen LogP contribution in [0.15, 0.2) is 18.3 Å². The lowest BCUT2D eigenvalue weighted by Gasteiger charge is -2.15. The number of thioether (sulfide) groups is 1. The monoisotopic (exact) mass is 242 g/mol. The predicted molar refractivity (Wildman–Crippen MR) is 64.1 cm³/mol. The smallest absolute Gasteiger partial charge is 0.256 e. The average Bonchev–Trinajstić information content (AvgIpc) is 2.28. The molecule has 0 aliphatic carbocycles. The summed E-state index contributed by atoms with van der Waals surface area (Å²) in [7, 11) is 0. The van der Waals surface area contributed by atoms with Crippen LogP contribution in [0.2, 0.25) is 0 Å². The summed E-state index contributed by atoms with van der Waals surface area (Å²) >= 11 is 1.65. The lowest BCUT2D eigenvalue weighted by molar-refractivity contribution is 0.0935. The number of nitrogens with zero attached hydrogens (tertiary/aromatic N) is 1. The van der Waals surface area contributed by atoms with Gasteiger partial charge in [0.05, 0.1) is 5.56 Å². The molecular weight excluding hydrogens is 227 g/mol. The molecule has 0 saturated carbocycles. The predicted octanol–water partition coefficient (Wildman–Crippen LogP) is 2.09. The van der Waals surface area contributed by atoms with E-state index in [2.05, 4.69) is 10.3 Å². The molecular formula is C11H15FN2OS. The maximum absolute atomic E-state index is 13.2. The molecule has 88 valence electrons. The van der Waals surface area contributed by atoms with Crippen molar-refractivity contribution in [1.29, 1.82) is 0 Å². The highest BCUT2D eigenvalue weighted by molar-refractivity contribution is 7.98. The minimum atomic E-state index is -0.723. The van der Waals surface area contributed by atoms with Crippen molar-refractivity contribution in [2.45, 2.75) is 19.4 Å². The molecule has 1 N–H and O–H groups in total. The Hall–Kier alpha value is -1.10. The molecule has 1 rings (SSSR count). The Labute approximate surface area is 98.8 Å². The molecule has 5 heteroatoms. The van der Waals surface area contributed by atoms with Gasteiger partial charge in [0.15, 0.2) is 0 Å². The van der Waals surface area contributed by atoms with Crippen LogP contribution in [0.4, 0.5) is 4.39 Å². The van der Waals surface area contributed by atoms with Crippen molar-refractivity contribution >= 4 is 17.7 Å². The molecule has 1 unspecified atom stereocenters. The largest absolute Gasteiger partial charge is 0.348 e. The molecule has 1 aromatic rings. The van der Waals surface area contributed by atoms with Crippen LogP contribution in [-0.4, -0.2) is 28.9 Å². The van der Waals surface area contributed by atoms with Gasteiger partial charge in [0, 0.05) is 18.0 Å². The third kappa shape index (κ3) is 3.48.